The van der Waals surface area contributed by atoms with E-state index in [1.807, 2.05) is 12.3 Å². The van der Waals surface area contributed by atoms with Gasteiger partial charge >= 0.3 is 0 Å². The summed E-state index contributed by atoms with van der Waals surface area (Å²) in [6, 6.07) is 5.16. The Bertz CT molecular complexity index is 726. The highest BCUT2D eigenvalue weighted by molar-refractivity contribution is 6.24. The highest BCUT2D eigenvalue weighted by atomic mass is 35.5. The van der Waals surface area contributed by atoms with E-state index in [-0.39, 0.29) is 11.4 Å². The van der Waals surface area contributed by atoms with Gasteiger partial charge in [-0.1, -0.05) is 17.7 Å². The SMILES string of the molecule is Fc1ccc(-c2c[nH]c3c2NC(Cl)N3)cc1NCC1CCCNC1. The number of alkyl halides is 1. The zero-order valence-corrected chi connectivity index (χ0v) is 14.0. The molecule has 2 unspecified atom stereocenters. The first-order valence-electron chi connectivity index (χ1n) is 8.34. The molecule has 5 nitrogen and oxygen atoms in total. The molecule has 5 N–H and O–H groups in total. The lowest BCUT2D eigenvalue weighted by molar-refractivity contribution is 0.392. The monoisotopic (exact) mass is 349 g/mol. The number of halogens is 2. The number of rotatable bonds is 4. The topological polar surface area (TPSA) is 63.9 Å². The minimum Gasteiger partial charge on any atom is -0.382 e. The molecule has 2 aliphatic heterocycles. The Morgan fingerprint density at radius 1 is 1.29 bits per heavy atom. The van der Waals surface area contributed by atoms with Crippen LogP contribution in [0.5, 0.6) is 0 Å². The van der Waals surface area contributed by atoms with Crippen LogP contribution in [0, 0.1) is 11.7 Å². The van der Waals surface area contributed by atoms with Crippen molar-refractivity contribution in [3.05, 3.63) is 30.2 Å². The van der Waals surface area contributed by atoms with Crippen molar-refractivity contribution in [1.82, 2.24) is 10.3 Å². The van der Waals surface area contributed by atoms with Gasteiger partial charge in [-0.2, -0.15) is 0 Å². The summed E-state index contributed by atoms with van der Waals surface area (Å²) in [5.41, 5.74) is 3.05. The maximum atomic E-state index is 14.2. The van der Waals surface area contributed by atoms with Gasteiger partial charge in [0.2, 0.25) is 0 Å². The lowest BCUT2D eigenvalue weighted by Crippen LogP contribution is -2.33. The average Bonchev–Trinajstić information content (AvgIpc) is 3.14. The molecule has 7 heteroatoms. The number of fused-ring (bicyclic) bond motifs is 1. The van der Waals surface area contributed by atoms with E-state index in [1.165, 1.54) is 18.9 Å². The summed E-state index contributed by atoms with van der Waals surface area (Å²) in [6.45, 7) is 2.86. The van der Waals surface area contributed by atoms with Crippen molar-refractivity contribution in [2.24, 2.45) is 5.92 Å². The Morgan fingerprint density at radius 3 is 3.04 bits per heavy atom. The van der Waals surface area contributed by atoms with Crippen molar-refractivity contribution in [2.45, 2.75) is 18.5 Å². The summed E-state index contributed by atoms with van der Waals surface area (Å²) in [5.74, 6) is 1.18. The average molecular weight is 350 g/mol. The van der Waals surface area contributed by atoms with Crippen LogP contribution < -0.4 is 21.3 Å². The molecule has 0 amide bonds. The highest BCUT2D eigenvalue weighted by Gasteiger charge is 2.23. The van der Waals surface area contributed by atoms with E-state index < -0.39 is 0 Å². The van der Waals surface area contributed by atoms with Crippen LogP contribution in [0.15, 0.2) is 24.4 Å². The molecule has 2 atom stereocenters. The number of hydrogen-bond donors (Lipinski definition) is 5. The number of hydrogen-bond acceptors (Lipinski definition) is 4. The lowest BCUT2D eigenvalue weighted by Gasteiger charge is -2.23. The maximum absolute atomic E-state index is 14.2. The smallest absolute Gasteiger partial charge is 0.176 e. The summed E-state index contributed by atoms with van der Waals surface area (Å²) in [5, 5.41) is 12.9. The third-order valence-corrected chi connectivity index (χ3v) is 4.90. The molecule has 4 rings (SSSR count). The van der Waals surface area contributed by atoms with Crippen molar-refractivity contribution in [2.75, 3.05) is 35.6 Å². The standard InChI is InChI=1S/C17H21ClFN5/c18-17-23-15-12(9-22-16(15)24-17)11-3-4-13(19)14(6-11)21-8-10-2-1-5-20-7-10/h3-4,6,9-10,17,20-24H,1-2,5,7-8H2. The van der Waals surface area contributed by atoms with Gasteiger partial charge in [0.15, 0.2) is 5.62 Å². The third-order valence-electron chi connectivity index (χ3n) is 4.68. The van der Waals surface area contributed by atoms with Crippen LogP contribution in [-0.4, -0.2) is 30.2 Å². The zero-order chi connectivity index (χ0) is 16.5. The number of piperidine rings is 1. The van der Waals surface area contributed by atoms with Gasteiger partial charge in [0.1, 0.15) is 11.6 Å². The van der Waals surface area contributed by atoms with Gasteiger partial charge in [0.25, 0.3) is 0 Å². The molecule has 2 aliphatic rings. The van der Waals surface area contributed by atoms with E-state index in [4.69, 9.17) is 11.6 Å². The lowest BCUT2D eigenvalue weighted by atomic mass is 9.99. The molecule has 1 aromatic heterocycles. The van der Waals surface area contributed by atoms with E-state index in [1.54, 1.807) is 6.07 Å². The molecule has 128 valence electrons. The van der Waals surface area contributed by atoms with E-state index in [0.29, 0.717) is 11.6 Å². The van der Waals surface area contributed by atoms with Crippen molar-refractivity contribution >= 4 is 28.8 Å². The molecule has 0 bridgehead atoms. The molecule has 3 heterocycles. The molecule has 0 radical (unpaired) electrons. The van der Waals surface area contributed by atoms with Gasteiger partial charge < -0.3 is 26.3 Å². The molecule has 24 heavy (non-hydrogen) atoms. The van der Waals surface area contributed by atoms with Crippen LogP contribution in [0.1, 0.15) is 12.8 Å². The highest BCUT2D eigenvalue weighted by Crippen LogP contribution is 2.40. The van der Waals surface area contributed by atoms with Crippen LogP contribution in [0.2, 0.25) is 0 Å². The Labute approximate surface area is 145 Å². The van der Waals surface area contributed by atoms with Gasteiger partial charge in [-0.25, -0.2) is 4.39 Å². The number of nitrogens with one attached hydrogen (secondary N) is 5. The second kappa shape index (κ2) is 6.53. The van der Waals surface area contributed by atoms with E-state index in [9.17, 15) is 4.39 Å². The first-order chi connectivity index (χ1) is 11.7. The molecular formula is C17H21ClFN5. The Kier molecular flexibility index (Phi) is 4.24. The molecule has 0 aliphatic carbocycles. The van der Waals surface area contributed by atoms with Crippen molar-refractivity contribution in [3.8, 4) is 11.1 Å². The van der Waals surface area contributed by atoms with Crippen molar-refractivity contribution < 1.29 is 4.39 Å². The quantitative estimate of drug-likeness (QED) is 0.432. The predicted molar refractivity (Wildman–Crippen MR) is 97.2 cm³/mol. The first kappa shape index (κ1) is 15.6. The Balaban J connectivity index is 1.53. The first-order valence-corrected chi connectivity index (χ1v) is 8.77. The number of H-pyrrole nitrogens is 1. The van der Waals surface area contributed by atoms with Crippen molar-refractivity contribution in [3.63, 3.8) is 0 Å². The predicted octanol–water partition coefficient (Wildman–Crippen LogP) is 3.59. The minimum absolute atomic E-state index is 0.226. The normalized spacial score (nSPS) is 22.6. The van der Waals surface area contributed by atoms with Gasteiger partial charge in [-0.05, 0) is 49.5 Å². The summed E-state index contributed by atoms with van der Waals surface area (Å²) >= 11 is 6.05. The van der Waals surface area contributed by atoms with E-state index in [2.05, 4.69) is 26.3 Å². The number of aromatic nitrogens is 1. The van der Waals surface area contributed by atoms with Crippen LogP contribution >= 0.6 is 11.6 Å². The Morgan fingerprint density at radius 2 is 2.21 bits per heavy atom. The second-order valence-electron chi connectivity index (χ2n) is 6.39. The van der Waals surface area contributed by atoms with E-state index >= 15 is 0 Å². The zero-order valence-electron chi connectivity index (χ0n) is 13.3. The summed E-state index contributed by atoms with van der Waals surface area (Å²) in [7, 11) is 0. The molecular weight excluding hydrogens is 329 g/mol. The van der Waals surface area contributed by atoms with Crippen molar-refractivity contribution in [1.29, 1.82) is 0 Å². The van der Waals surface area contributed by atoms with Crippen LogP contribution in [0.3, 0.4) is 0 Å². The third kappa shape index (κ3) is 3.03. The fourth-order valence-corrected chi connectivity index (χ4v) is 3.60. The van der Waals surface area contributed by atoms with Crippen LogP contribution in [0.4, 0.5) is 21.6 Å². The molecule has 2 aromatic rings. The molecule has 0 saturated carbocycles. The fraction of sp³-hybridized carbons (Fsp3) is 0.412. The Hall–Kier alpha value is -1.92. The second-order valence-corrected chi connectivity index (χ2v) is 6.83. The van der Waals surface area contributed by atoms with Gasteiger partial charge in [-0.15, -0.1) is 0 Å². The molecule has 1 saturated heterocycles. The van der Waals surface area contributed by atoms with Crippen LogP contribution in [-0.2, 0) is 0 Å². The number of anilines is 3. The minimum atomic E-state index is -0.331. The largest absolute Gasteiger partial charge is 0.382 e. The summed E-state index contributed by atoms with van der Waals surface area (Å²) in [6.07, 6.45) is 4.26. The molecule has 0 spiro atoms. The molecule has 1 aromatic carbocycles. The van der Waals surface area contributed by atoms with E-state index in [0.717, 1.165) is 42.3 Å². The maximum Gasteiger partial charge on any atom is 0.176 e. The number of benzene rings is 1. The summed E-state index contributed by atoms with van der Waals surface area (Å²) in [4.78, 5) is 3.15. The van der Waals surface area contributed by atoms with Gasteiger partial charge in [0.05, 0.1) is 11.4 Å². The number of aromatic amines is 1. The van der Waals surface area contributed by atoms with Gasteiger partial charge in [-0.3, -0.25) is 0 Å². The van der Waals surface area contributed by atoms with Crippen LogP contribution in [0.25, 0.3) is 11.1 Å². The summed E-state index contributed by atoms with van der Waals surface area (Å²) < 4.78 is 14.2. The molecule has 1 fully saturated rings. The fourth-order valence-electron chi connectivity index (χ4n) is 3.39. The van der Waals surface area contributed by atoms with Gasteiger partial charge in [0, 0.05) is 18.3 Å².